The number of nitrogens with zero attached hydrogens (tertiary/aromatic N) is 1. The summed E-state index contributed by atoms with van der Waals surface area (Å²) in [6.45, 7) is 1.49. The fourth-order valence-electron chi connectivity index (χ4n) is 3.18. The SMILES string of the molecule is COc1ccc(CCNC(=S)Nc2ccc(N3CCCC3=O)cc2)cc1OC. The van der Waals surface area contributed by atoms with Gasteiger partial charge in [0, 0.05) is 30.9 Å². The summed E-state index contributed by atoms with van der Waals surface area (Å²) < 4.78 is 10.6. The van der Waals surface area contributed by atoms with Crippen LogP contribution in [0.2, 0.25) is 0 Å². The van der Waals surface area contributed by atoms with Gasteiger partial charge in [0.05, 0.1) is 14.2 Å². The van der Waals surface area contributed by atoms with Gasteiger partial charge in [-0.3, -0.25) is 4.79 Å². The third-order valence-corrected chi connectivity index (χ3v) is 4.90. The highest BCUT2D eigenvalue weighted by molar-refractivity contribution is 7.80. The number of benzene rings is 2. The molecule has 0 aromatic heterocycles. The van der Waals surface area contributed by atoms with Gasteiger partial charge < -0.3 is 25.0 Å². The Bertz CT molecular complexity index is 839. The number of thiocarbonyl (C=S) groups is 1. The van der Waals surface area contributed by atoms with Crippen molar-refractivity contribution in [3.8, 4) is 11.5 Å². The predicted molar refractivity (Wildman–Crippen MR) is 116 cm³/mol. The molecule has 0 spiro atoms. The summed E-state index contributed by atoms with van der Waals surface area (Å²) in [4.78, 5) is 13.6. The van der Waals surface area contributed by atoms with Crippen molar-refractivity contribution >= 4 is 34.6 Å². The average molecular weight is 400 g/mol. The highest BCUT2D eigenvalue weighted by atomic mass is 32.1. The van der Waals surface area contributed by atoms with Crippen LogP contribution in [0.25, 0.3) is 0 Å². The van der Waals surface area contributed by atoms with E-state index in [9.17, 15) is 4.79 Å². The van der Waals surface area contributed by atoms with E-state index in [0.29, 0.717) is 18.1 Å². The van der Waals surface area contributed by atoms with Crippen LogP contribution in [0.15, 0.2) is 42.5 Å². The lowest BCUT2D eigenvalue weighted by atomic mass is 10.1. The van der Waals surface area contributed by atoms with E-state index >= 15 is 0 Å². The first-order valence-corrected chi connectivity index (χ1v) is 9.67. The molecule has 28 heavy (non-hydrogen) atoms. The number of nitrogens with one attached hydrogen (secondary N) is 2. The maximum Gasteiger partial charge on any atom is 0.227 e. The molecule has 0 radical (unpaired) electrons. The van der Waals surface area contributed by atoms with Gasteiger partial charge in [-0.15, -0.1) is 0 Å². The Labute approximate surface area is 170 Å². The van der Waals surface area contributed by atoms with Crippen LogP contribution in [-0.4, -0.2) is 38.3 Å². The summed E-state index contributed by atoms with van der Waals surface area (Å²) in [6.07, 6.45) is 2.36. The molecule has 2 aromatic rings. The largest absolute Gasteiger partial charge is 0.493 e. The van der Waals surface area contributed by atoms with E-state index in [1.54, 1.807) is 14.2 Å². The number of amides is 1. The monoisotopic (exact) mass is 399 g/mol. The van der Waals surface area contributed by atoms with Gasteiger partial charge in [0.2, 0.25) is 5.91 Å². The lowest BCUT2D eigenvalue weighted by Crippen LogP contribution is -2.30. The molecule has 1 aliphatic rings. The Hall–Kier alpha value is -2.80. The highest BCUT2D eigenvalue weighted by Gasteiger charge is 2.21. The zero-order valence-corrected chi connectivity index (χ0v) is 17.0. The van der Waals surface area contributed by atoms with Gasteiger partial charge >= 0.3 is 0 Å². The van der Waals surface area contributed by atoms with Gasteiger partial charge in [-0.2, -0.15) is 0 Å². The van der Waals surface area contributed by atoms with Crippen molar-refractivity contribution in [2.75, 3.05) is 37.5 Å². The summed E-state index contributed by atoms with van der Waals surface area (Å²) in [5.74, 6) is 1.63. The molecule has 1 heterocycles. The molecule has 0 aliphatic carbocycles. The zero-order valence-electron chi connectivity index (χ0n) is 16.2. The summed E-state index contributed by atoms with van der Waals surface area (Å²) in [7, 11) is 3.25. The molecule has 2 aromatic carbocycles. The summed E-state index contributed by atoms with van der Waals surface area (Å²) in [6, 6.07) is 13.6. The van der Waals surface area contributed by atoms with Gasteiger partial charge in [0.25, 0.3) is 0 Å². The second-order valence-corrected chi connectivity index (χ2v) is 6.92. The van der Waals surface area contributed by atoms with Crippen molar-refractivity contribution in [2.24, 2.45) is 0 Å². The number of anilines is 2. The van der Waals surface area contributed by atoms with E-state index in [4.69, 9.17) is 21.7 Å². The van der Waals surface area contributed by atoms with Crippen LogP contribution in [0.3, 0.4) is 0 Å². The summed E-state index contributed by atoms with van der Waals surface area (Å²) in [5.41, 5.74) is 2.95. The van der Waals surface area contributed by atoms with Gasteiger partial charge in [0.15, 0.2) is 16.6 Å². The van der Waals surface area contributed by atoms with E-state index < -0.39 is 0 Å². The minimum Gasteiger partial charge on any atom is -0.493 e. The van der Waals surface area contributed by atoms with Crippen molar-refractivity contribution in [1.82, 2.24) is 5.32 Å². The van der Waals surface area contributed by atoms with Crippen molar-refractivity contribution in [3.63, 3.8) is 0 Å². The number of hydrogen-bond donors (Lipinski definition) is 2. The molecule has 1 fully saturated rings. The molecule has 0 atom stereocenters. The van der Waals surface area contributed by atoms with E-state index in [1.165, 1.54) is 0 Å². The average Bonchev–Trinajstić information content (AvgIpc) is 3.14. The van der Waals surface area contributed by atoms with Crippen molar-refractivity contribution in [1.29, 1.82) is 0 Å². The molecule has 1 amide bonds. The normalized spacial score (nSPS) is 13.4. The third-order valence-electron chi connectivity index (χ3n) is 4.66. The number of hydrogen-bond acceptors (Lipinski definition) is 4. The van der Waals surface area contributed by atoms with Crippen LogP contribution in [0, 0.1) is 0 Å². The van der Waals surface area contributed by atoms with E-state index in [1.807, 2.05) is 47.4 Å². The Morgan fingerprint density at radius 1 is 1.11 bits per heavy atom. The number of ether oxygens (including phenoxy) is 2. The second kappa shape index (κ2) is 9.41. The molecule has 1 aliphatic heterocycles. The topological polar surface area (TPSA) is 62.8 Å². The van der Waals surface area contributed by atoms with E-state index in [0.717, 1.165) is 47.8 Å². The minimum atomic E-state index is 0.188. The molecular weight excluding hydrogens is 374 g/mol. The molecule has 1 saturated heterocycles. The van der Waals surface area contributed by atoms with Crippen LogP contribution in [0.5, 0.6) is 11.5 Å². The first-order chi connectivity index (χ1) is 13.6. The van der Waals surface area contributed by atoms with Crippen LogP contribution in [-0.2, 0) is 11.2 Å². The Morgan fingerprint density at radius 3 is 2.50 bits per heavy atom. The molecule has 0 unspecified atom stereocenters. The smallest absolute Gasteiger partial charge is 0.227 e. The molecule has 6 nitrogen and oxygen atoms in total. The highest BCUT2D eigenvalue weighted by Crippen LogP contribution is 2.27. The van der Waals surface area contributed by atoms with Crippen LogP contribution in [0.1, 0.15) is 18.4 Å². The number of methoxy groups -OCH3 is 2. The lowest BCUT2D eigenvalue weighted by Gasteiger charge is -2.16. The van der Waals surface area contributed by atoms with Crippen molar-refractivity contribution in [2.45, 2.75) is 19.3 Å². The van der Waals surface area contributed by atoms with Gasteiger partial charge in [-0.1, -0.05) is 6.07 Å². The first-order valence-electron chi connectivity index (χ1n) is 9.27. The zero-order chi connectivity index (χ0) is 19.9. The molecule has 148 valence electrons. The minimum absolute atomic E-state index is 0.188. The number of carbonyl (C=O) groups is 1. The number of carbonyl (C=O) groups excluding carboxylic acids is 1. The van der Waals surface area contributed by atoms with E-state index in [2.05, 4.69) is 10.6 Å². The Kier molecular flexibility index (Phi) is 6.71. The van der Waals surface area contributed by atoms with Crippen LogP contribution < -0.4 is 25.0 Å². The van der Waals surface area contributed by atoms with Gasteiger partial charge in [0.1, 0.15) is 0 Å². The summed E-state index contributed by atoms with van der Waals surface area (Å²) >= 11 is 5.37. The lowest BCUT2D eigenvalue weighted by molar-refractivity contribution is -0.117. The fourth-order valence-corrected chi connectivity index (χ4v) is 3.40. The van der Waals surface area contributed by atoms with Crippen molar-refractivity contribution < 1.29 is 14.3 Å². The van der Waals surface area contributed by atoms with Crippen LogP contribution >= 0.6 is 12.2 Å². The maximum atomic E-state index is 11.8. The molecule has 7 heteroatoms. The Morgan fingerprint density at radius 2 is 1.86 bits per heavy atom. The van der Waals surface area contributed by atoms with Crippen LogP contribution in [0.4, 0.5) is 11.4 Å². The van der Waals surface area contributed by atoms with Gasteiger partial charge in [-0.05, 0) is 67.0 Å². The van der Waals surface area contributed by atoms with E-state index in [-0.39, 0.29) is 5.91 Å². The first kappa shape index (κ1) is 19.9. The quantitative estimate of drug-likeness (QED) is 0.696. The number of rotatable bonds is 7. The standard InChI is InChI=1S/C21H25N3O3S/c1-26-18-10-5-15(14-19(18)27-2)11-12-22-21(28)23-16-6-8-17(9-7-16)24-13-3-4-20(24)25/h5-10,14H,3-4,11-13H2,1-2H3,(H2,22,23,28). The molecular formula is C21H25N3O3S. The molecule has 3 rings (SSSR count). The fraction of sp³-hybridized carbons (Fsp3) is 0.333. The third kappa shape index (κ3) is 4.92. The maximum absolute atomic E-state index is 11.8. The van der Waals surface area contributed by atoms with Gasteiger partial charge in [-0.25, -0.2) is 0 Å². The predicted octanol–water partition coefficient (Wildman–Crippen LogP) is 3.36. The Balaban J connectivity index is 1.47. The second-order valence-electron chi connectivity index (χ2n) is 6.52. The molecule has 0 saturated carbocycles. The summed E-state index contributed by atoms with van der Waals surface area (Å²) in [5, 5.41) is 6.94. The molecule has 2 N–H and O–H groups in total. The molecule has 0 bridgehead atoms. The van der Waals surface area contributed by atoms with Crippen molar-refractivity contribution in [3.05, 3.63) is 48.0 Å².